The van der Waals surface area contributed by atoms with Crippen LogP contribution in [0.3, 0.4) is 0 Å². The number of anilines is 2. The van der Waals surface area contributed by atoms with Crippen molar-refractivity contribution in [2.75, 3.05) is 10.6 Å². The number of aryl methyl sites for hydroxylation is 2. The molecule has 0 radical (unpaired) electrons. The summed E-state index contributed by atoms with van der Waals surface area (Å²) in [6, 6.07) is 15.3. The predicted octanol–water partition coefficient (Wildman–Crippen LogP) is 7.14. The van der Waals surface area contributed by atoms with Crippen molar-refractivity contribution in [3.05, 3.63) is 119 Å². The van der Waals surface area contributed by atoms with E-state index in [0.29, 0.717) is 35.3 Å². The number of benzene rings is 2. The number of carbonyl (C=O) groups is 2. The average Bonchev–Trinajstić information content (AvgIpc) is 2.95. The Morgan fingerprint density at radius 2 is 1.11 bits per heavy atom. The molecule has 0 aliphatic rings. The fraction of sp³-hybridized carbons (Fsp3) is 0.133. The van der Waals surface area contributed by atoms with Crippen molar-refractivity contribution in [3.63, 3.8) is 0 Å². The van der Waals surface area contributed by atoms with Crippen molar-refractivity contribution in [2.24, 2.45) is 11.5 Å². The maximum absolute atomic E-state index is 12.6. The zero-order valence-electron chi connectivity index (χ0n) is 22.8. The van der Waals surface area contributed by atoms with Gasteiger partial charge in [-0.05, 0) is 77.6 Å². The Kier molecular flexibility index (Phi) is 11.0. The highest BCUT2D eigenvalue weighted by molar-refractivity contribution is 5.87. The number of alkyl halides is 6. The monoisotopic (exact) mass is 616 g/mol. The minimum atomic E-state index is -4.38. The Morgan fingerprint density at radius 3 is 1.68 bits per heavy atom. The number of nitrogens with zero attached hydrogens (tertiary/aromatic N) is 2. The topological polar surface area (TPSA) is 136 Å². The van der Waals surface area contributed by atoms with Crippen LogP contribution < -0.4 is 22.1 Å². The first-order chi connectivity index (χ1) is 20.7. The predicted molar refractivity (Wildman–Crippen MR) is 154 cm³/mol. The number of hydrogen-bond acceptors (Lipinski definition) is 4. The van der Waals surface area contributed by atoms with Gasteiger partial charge < -0.3 is 11.5 Å². The largest absolute Gasteiger partial charge is 0.416 e. The van der Waals surface area contributed by atoms with Crippen LogP contribution in [-0.2, 0) is 25.2 Å². The lowest BCUT2D eigenvalue weighted by molar-refractivity contribution is -0.138. The Bertz CT molecular complexity index is 1620. The van der Waals surface area contributed by atoms with E-state index < -0.39 is 35.5 Å². The third kappa shape index (κ3) is 11.1. The number of nitrogens with two attached hydrogens (primary N) is 2. The van der Waals surface area contributed by atoms with E-state index >= 15 is 0 Å². The highest BCUT2D eigenvalue weighted by Crippen LogP contribution is 2.31. The van der Waals surface area contributed by atoms with Crippen molar-refractivity contribution in [2.45, 2.75) is 25.2 Å². The summed E-state index contributed by atoms with van der Waals surface area (Å²) in [4.78, 5) is 29.3. The van der Waals surface area contributed by atoms with Gasteiger partial charge in [0.25, 0.3) is 0 Å². The van der Waals surface area contributed by atoms with E-state index in [4.69, 9.17) is 11.5 Å². The van der Waals surface area contributed by atoms with Gasteiger partial charge in [-0.1, -0.05) is 42.5 Å². The van der Waals surface area contributed by atoms with E-state index in [1.54, 1.807) is 48.6 Å². The zero-order valence-corrected chi connectivity index (χ0v) is 22.8. The second-order valence-electron chi connectivity index (χ2n) is 9.16. The summed E-state index contributed by atoms with van der Waals surface area (Å²) in [6.07, 6.45) is -1.63. The highest BCUT2D eigenvalue weighted by atomic mass is 19.4. The first-order valence-electron chi connectivity index (χ1n) is 12.7. The molecule has 4 amide bonds. The number of nitrogens with one attached hydrogen (secondary N) is 2. The third-order valence-electron chi connectivity index (χ3n) is 5.75. The fourth-order valence-electron chi connectivity index (χ4n) is 3.77. The van der Waals surface area contributed by atoms with Crippen LogP contribution in [0.4, 0.5) is 47.6 Å². The van der Waals surface area contributed by atoms with Crippen LogP contribution in [0.15, 0.2) is 85.2 Å². The molecule has 4 aromatic rings. The van der Waals surface area contributed by atoms with Gasteiger partial charge in [-0.15, -0.1) is 0 Å². The Balaban J connectivity index is 0.000000240. The van der Waals surface area contributed by atoms with Crippen LogP contribution in [0.2, 0.25) is 0 Å². The zero-order chi connectivity index (χ0) is 32.3. The van der Waals surface area contributed by atoms with Crippen molar-refractivity contribution in [1.29, 1.82) is 0 Å². The molecule has 2 aromatic heterocycles. The van der Waals surface area contributed by atoms with E-state index in [9.17, 15) is 35.9 Å². The fourth-order valence-corrected chi connectivity index (χ4v) is 3.77. The average molecular weight is 617 g/mol. The lowest BCUT2D eigenvalue weighted by Gasteiger charge is -2.09. The molecule has 0 bridgehead atoms. The molecule has 8 nitrogen and oxygen atoms in total. The number of carbonyl (C=O) groups excluding carboxylic acids is 2. The van der Waals surface area contributed by atoms with Crippen LogP contribution >= 0.6 is 0 Å². The van der Waals surface area contributed by atoms with E-state index in [2.05, 4.69) is 20.6 Å². The number of amides is 4. The first kappa shape index (κ1) is 33.1. The van der Waals surface area contributed by atoms with Gasteiger partial charge in [-0.3, -0.25) is 10.6 Å². The summed E-state index contributed by atoms with van der Waals surface area (Å²) >= 11 is 0. The van der Waals surface area contributed by atoms with Gasteiger partial charge in [0.1, 0.15) is 11.6 Å². The Labute approximate surface area is 247 Å². The summed E-state index contributed by atoms with van der Waals surface area (Å²) < 4.78 is 75.8. The third-order valence-corrected chi connectivity index (χ3v) is 5.75. The number of pyridine rings is 2. The van der Waals surface area contributed by atoms with Crippen LogP contribution in [-0.4, -0.2) is 22.0 Å². The van der Waals surface area contributed by atoms with E-state index in [-0.39, 0.29) is 5.82 Å². The molecule has 44 heavy (non-hydrogen) atoms. The summed E-state index contributed by atoms with van der Waals surface area (Å²) in [6.45, 7) is 0. The summed E-state index contributed by atoms with van der Waals surface area (Å²) in [5.41, 5.74) is 11.1. The van der Waals surface area contributed by atoms with Crippen LogP contribution in [0.1, 0.15) is 33.4 Å². The van der Waals surface area contributed by atoms with E-state index in [0.717, 1.165) is 29.8 Å². The molecule has 2 aromatic carbocycles. The molecular formula is C30H26F6N6O2. The summed E-state index contributed by atoms with van der Waals surface area (Å²) in [5, 5.41) is 4.67. The van der Waals surface area contributed by atoms with Crippen molar-refractivity contribution >= 4 is 35.8 Å². The quantitative estimate of drug-likeness (QED) is 0.164. The molecule has 0 unspecified atom stereocenters. The number of halogens is 6. The summed E-state index contributed by atoms with van der Waals surface area (Å²) in [7, 11) is 0. The lowest BCUT2D eigenvalue weighted by atomic mass is 10.0. The summed E-state index contributed by atoms with van der Waals surface area (Å²) in [5.74, 6) is 0.577. The van der Waals surface area contributed by atoms with Gasteiger partial charge in [0.05, 0.1) is 11.1 Å². The lowest BCUT2D eigenvalue weighted by Crippen LogP contribution is -2.20. The van der Waals surface area contributed by atoms with Crippen LogP contribution in [0.25, 0.3) is 12.2 Å². The minimum absolute atomic E-state index is 0.263. The number of primary amides is 2. The van der Waals surface area contributed by atoms with Crippen molar-refractivity contribution in [3.8, 4) is 0 Å². The van der Waals surface area contributed by atoms with Crippen molar-refractivity contribution < 1.29 is 35.9 Å². The maximum atomic E-state index is 12.6. The van der Waals surface area contributed by atoms with Gasteiger partial charge in [0, 0.05) is 12.4 Å². The Morgan fingerprint density at radius 1 is 0.636 bits per heavy atom. The van der Waals surface area contributed by atoms with Gasteiger partial charge in [-0.2, -0.15) is 26.3 Å². The molecule has 0 saturated heterocycles. The molecule has 0 saturated carbocycles. The molecular weight excluding hydrogens is 590 g/mol. The molecule has 0 aliphatic heterocycles. The molecule has 0 aliphatic carbocycles. The smallest absolute Gasteiger partial charge is 0.351 e. The standard InChI is InChI=1S/C15H14F3N3O.C15H12F3N3O/c2*16-15(17,18)12-3-1-2-10(8-12)4-5-11-6-7-20-13(9-11)21-14(19)22/h1-3,6-9H,4-5H2,(H3,19,20,21,22);1-9H,(H3,19,20,21,22). The van der Waals surface area contributed by atoms with Crippen molar-refractivity contribution in [1.82, 2.24) is 9.97 Å². The van der Waals surface area contributed by atoms with Gasteiger partial charge in [-0.25, -0.2) is 19.6 Å². The molecule has 2 heterocycles. The minimum Gasteiger partial charge on any atom is -0.351 e. The molecule has 0 spiro atoms. The normalized spacial score (nSPS) is 11.4. The van der Waals surface area contributed by atoms with Gasteiger partial charge >= 0.3 is 24.4 Å². The number of aromatic nitrogens is 2. The molecule has 14 heteroatoms. The van der Waals surface area contributed by atoms with Gasteiger partial charge in [0.15, 0.2) is 0 Å². The maximum Gasteiger partial charge on any atom is 0.416 e. The first-order valence-corrected chi connectivity index (χ1v) is 12.7. The second kappa shape index (κ2) is 14.7. The number of rotatable bonds is 7. The molecule has 230 valence electrons. The van der Waals surface area contributed by atoms with E-state index in [1.807, 2.05) is 0 Å². The molecule has 6 N–H and O–H groups in total. The highest BCUT2D eigenvalue weighted by Gasteiger charge is 2.31. The SMILES string of the molecule is NC(=O)Nc1cc(C=Cc2cccc(C(F)(F)F)c2)ccn1.NC(=O)Nc1cc(CCc2cccc(C(F)(F)F)c2)ccn1. The van der Waals surface area contributed by atoms with E-state index in [1.165, 1.54) is 24.5 Å². The number of hydrogen-bond donors (Lipinski definition) is 4. The van der Waals surface area contributed by atoms with Gasteiger partial charge in [0.2, 0.25) is 0 Å². The van der Waals surface area contributed by atoms with Crippen LogP contribution in [0.5, 0.6) is 0 Å². The second-order valence-corrected chi connectivity index (χ2v) is 9.16. The molecule has 4 rings (SSSR count). The Hall–Kier alpha value is -5.40. The van der Waals surface area contributed by atoms with Crippen LogP contribution in [0, 0.1) is 0 Å². The molecule has 0 atom stereocenters. The molecule has 0 fully saturated rings. The number of urea groups is 2.